The fourth-order valence-electron chi connectivity index (χ4n) is 1.89. The summed E-state index contributed by atoms with van der Waals surface area (Å²) in [5.41, 5.74) is 0.487. The smallest absolute Gasteiger partial charge is 0.261 e. The van der Waals surface area contributed by atoms with Crippen molar-refractivity contribution in [3.05, 3.63) is 28.8 Å². The van der Waals surface area contributed by atoms with E-state index in [1.807, 2.05) is 18.4 Å². The normalized spacial score (nSPS) is 10.8. The second-order valence-corrected chi connectivity index (χ2v) is 7.06. The molecule has 0 saturated heterocycles. The molecule has 22 heavy (non-hydrogen) atoms. The Hall–Kier alpha value is -1.60. The van der Waals surface area contributed by atoms with Crippen molar-refractivity contribution >= 4 is 34.1 Å². The number of rotatable bonds is 6. The first-order chi connectivity index (χ1) is 10.5. The van der Waals surface area contributed by atoms with Crippen molar-refractivity contribution in [3.8, 4) is 5.75 Å². The molecule has 1 amide bonds. The molecular formula is C15H19N3O2S2. The van der Waals surface area contributed by atoms with Crippen LogP contribution in [-0.4, -0.2) is 29.5 Å². The Labute approximate surface area is 138 Å². The summed E-state index contributed by atoms with van der Waals surface area (Å²) in [6, 6.07) is 5.51. The van der Waals surface area contributed by atoms with E-state index in [1.165, 1.54) is 11.3 Å². The molecule has 1 heterocycles. The molecule has 0 atom stereocenters. The van der Waals surface area contributed by atoms with Crippen LogP contribution >= 0.6 is 23.1 Å². The van der Waals surface area contributed by atoms with E-state index in [0.717, 1.165) is 16.3 Å². The lowest BCUT2D eigenvalue weighted by Crippen LogP contribution is -2.13. The fraction of sp³-hybridized carbons (Fsp3) is 0.400. The minimum Gasteiger partial charge on any atom is -0.496 e. The third-order valence-electron chi connectivity index (χ3n) is 2.92. The van der Waals surface area contributed by atoms with Crippen molar-refractivity contribution < 1.29 is 9.53 Å². The molecule has 0 aliphatic carbocycles. The lowest BCUT2D eigenvalue weighted by molar-refractivity contribution is 0.102. The van der Waals surface area contributed by atoms with Gasteiger partial charge < -0.3 is 4.74 Å². The number of hydrogen-bond donors (Lipinski definition) is 1. The van der Waals surface area contributed by atoms with Gasteiger partial charge in [0.05, 0.1) is 12.7 Å². The van der Waals surface area contributed by atoms with E-state index in [9.17, 15) is 4.79 Å². The van der Waals surface area contributed by atoms with E-state index in [2.05, 4.69) is 29.4 Å². The van der Waals surface area contributed by atoms with Gasteiger partial charge in [-0.3, -0.25) is 10.1 Å². The lowest BCUT2D eigenvalue weighted by atomic mass is 10.1. The van der Waals surface area contributed by atoms with Crippen LogP contribution in [0.1, 0.15) is 29.2 Å². The molecule has 118 valence electrons. The van der Waals surface area contributed by atoms with E-state index in [0.29, 0.717) is 22.4 Å². The Bertz CT molecular complexity index is 656. The maximum atomic E-state index is 12.4. The molecule has 0 spiro atoms. The summed E-state index contributed by atoms with van der Waals surface area (Å²) in [6.07, 6.45) is 2.84. The molecule has 1 aromatic carbocycles. The summed E-state index contributed by atoms with van der Waals surface area (Å²) in [4.78, 5) is 13.4. The molecule has 1 aromatic heterocycles. The van der Waals surface area contributed by atoms with E-state index in [-0.39, 0.29) is 5.91 Å². The molecular weight excluding hydrogens is 318 g/mol. The number of nitrogens with one attached hydrogen (secondary N) is 1. The SMILES string of the molecule is COc1cc(SC)ccc1C(=O)Nc1nnc(CC(C)C)s1. The lowest BCUT2D eigenvalue weighted by Gasteiger charge is -2.09. The molecule has 0 aliphatic heterocycles. The highest BCUT2D eigenvalue weighted by atomic mass is 32.2. The Morgan fingerprint density at radius 2 is 2.18 bits per heavy atom. The van der Waals surface area contributed by atoms with Crippen LogP contribution < -0.4 is 10.1 Å². The van der Waals surface area contributed by atoms with Gasteiger partial charge in [-0.2, -0.15) is 0 Å². The minimum atomic E-state index is -0.239. The molecule has 5 nitrogen and oxygen atoms in total. The molecule has 2 rings (SSSR count). The Morgan fingerprint density at radius 3 is 2.82 bits per heavy atom. The zero-order valence-corrected chi connectivity index (χ0v) is 14.7. The molecule has 0 fully saturated rings. The van der Waals surface area contributed by atoms with E-state index < -0.39 is 0 Å². The summed E-state index contributed by atoms with van der Waals surface area (Å²) < 4.78 is 5.30. The Balaban J connectivity index is 2.13. The van der Waals surface area contributed by atoms with Crippen LogP contribution in [0.3, 0.4) is 0 Å². The summed E-state index contributed by atoms with van der Waals surface area (Å²) in [5, 5.41) is 12.3. The van der Waals surface area contributed by atoms with Gasteiger partial charge in [-0.15, -0.1) is 22.0 Å². The second kappa shape index (κ2) is 7.60. The van der Waals surface area contributed by atoms with Crippen molar-refractivity contribution in [3.63, 3.8) is 0 Å². The highest BCUT2D eigenvalue weighted by Gasteiger charge is 2.15. The number of anilines is 1. The van der Waals surface area contributed by atoms with Crippen molar-refractivity contribution in [1.82, 2.24) is 10.2 Å². The molecule has 2 aromatic rings. The number of ether oxygens (including phenoxy) is 1. The highest BCUT2D eigenvalue weighted by Crippen LogP contribution is 2.26. The number of nitrogens with zero attached hydrogens (tertiary/aromatic N) is 2. The summed E-state index contributed by atoms with van der Waals surface area (Å²) in [7, 11) is 1.56. The second-order valence-electron chi connectivity index (χ2n) is 5.12. The van der Waals surface area contributed by atoms with Gasteiger partial charge in [-0.25, -0.2) is 0 Å². The molecule has 1 N–H and O–H groups in total. The number of amides is 1. The summed E-state index contributed by atoms with van der Waals surface area (Å²) >= 11 is 3.01. The number of carbonyl (C=O) groups is 1. The molecule has 0 unspecified atom stereocenters. The predicted octanol–water partition coefficient (Wildman–Crippen LogP) is 3.72. The average molecular weight is 337 g/mol. The van der Waals surface area contributed by atoms with Gasteiger partial charge in [-0.1, -0.05) is 25.2 Å². The van der Waals surface area contributed by atoms with E-state index in [4.69, 9.17) is 4.74 Å². The van der Waals surface area contributed by atoms with Gasteiger partial charge in [0.2, 0.25) is 5.13 Å². The van der Waals surface area contributed by atoms with Crippen LogP contribution in [0.25, 0.3) is 0 Å². The quantitative estimate of drug-likeness (QED) is 0.814. The Kier molecular flexibility index (Phi) is 5.79. The van der Waals surface area contributed by atoms with Crippen molar-refractivity contribution in [1.29, 1.82) is 0 Å². The number of methoxy groups -OCH3 is 1. The average Bonchev–Trinajstić information content (AvgIpc) is 2.92. The van der Waals surface area contributed by atoms with Gasteiger partial charge in [0.25, 0.3) is 5.91 Å². The van der Waals surface area contributed by atoms with Crippen LogP contribution in [0.4, 0.5) is 5.13 Å². The van der Waals surface area contributed by atoms with Gasteiger partial charge in [0.1, 0.15) is 10.8 Å². The molecule has 7 heteroatoms. The first kappa shape index (κ1) is 16.8. The topological polar surface area (TPSA) is 64.1 Å². The van der Waals surface area contributed by atoms with Crippen LogP contribution in [0.5, 0.6) is 5.75 Å². The van der Waals surface area contributed by atoms with Gasteiger partial charge >= 0.3 is 0 Å². The fourth-order valence-corrected chi connectivity index (χ4v) is 3.26. The standard InChI is InChI=1S/C15H19N3O2S2/c1-9(2)7-13-17-18-15(22-13)16-14(19)11-6-5-10(21-4)8-12(11)20-3/h5-6,8-9H,7H2,1-4H3,(H,16,18,19). The first-order valence-corrected chi connectivity index (χ1v) is 8.93. The first-order valence-electron chi connectivity index (χ1n) is 6.89. The number of hydrogen-bond acceptors (Lipinski definition) is 6. The zero-order valence-electron chi connectivity index (χ0n) is 13.0. The molecule has 0 saturated carbocycles. The molecule has 0 bridgehead atoms. The maximum Gasteiger partial charge on any atom is 0.261 e. The summed E-state index contributed by atoms with van der Waals surface area (Å²) in [6.45, 7) is 4.25. The van der Waals surface area contributed by atoms with Crippen LogP contribution in [0.15, 0.2) is 23.1 Å². The third kappa shape index (κ3) is 4.20. The summed E-state index contributed by atoms with van der Waals surface area (Å²) in [5.74, 6) is 0.823. The third-order valence-corrected chi connectivity index (χ3v) is 4.51. The van der Waals surface area contributed by atoms with Crippen molar-refractivity contribution in [2.75, 3.05) is 18.7 Å². The Morgan fingerprint density at radius 1 is 1.41 bits per heavy atom. The number of aromatic nitrogens is 2. The monoisotopic (exact) mass is 337 g/mol. The molecule has 0 radical (unpaired) electrons. The van der Waals surface area contributed by atoms with Gasteiger partial charge in [0.15, 0.2) is 0 Å². The van der Waals surface area contributed by atoms with Gasteiger partial charge in [0, 0.05) is 11.3 Å². The van der Waals surface area contributed by atoms with Crippen LogP contribution in [0, 0.1) is 5.92 Å². The predicted molar refractivity (Wildman–Crippen MR) is 91.2 cm³/mol. The van der Waals surface area contributed by atoms with E-state index >= 15 is 0 Å². The largest absolute Gasteiger partial charge is 0.496 e. The number of thioether (sulfide) groups is 1. The maximum absolute atomic E-state index is 12.4. The highest BCUT2D eigenvalue weighted by molar-refractivity contribution is 7.98. The minimum absolute atomic E-state index is 0.239. The van der Waals surface area contributed by atoms with Crippen LogP contribution in [0.2, 0.25) is 0 Å². The van der Waals surface area contributed by atoms with Crippen LogP contribution in [-0.2, 0) is 6.42 Å². The number of benzene rings is 1. The van der Waals surface area contributed by atoms with E-state index in [1.54, 1.807) is 24.9 Å². The van der Waals surface area contributed by atoms with Crippen molar-refractivity contribution in [2.24, 2.45) is 5.92 Å². The number of carbonyl (C=O) groups excluding carboxylic acids is 1. The zero-order chi connectivity index (χ0) is 16.1. The molecule has 0 aliphatic rings. The van der Waals surface area contributed by atoms with Crippen molar-refractivity contribution in [2.45, 2.75) is 25.2 Å². The van der Waals surface area contributed by atoms with Gasteiger partial charge in [-0.05, 0) is 30.4 Å².